The number of nitriles is 1. The van der Waals surface area contributed by atoms with Crippen LogP contribution in [0.15, 0.2) is 18.2 Å². The molecule has 0 radical (unpaired) electrons. The zero-order valence-corrected chi connectivity index (χ0v) is 9.53. The Morgan fingerprint density at radius 2 is 2.12 bits per heavy atom. The van der Waals surface area contributed by atoms with Crippen molar-refractivity contribution < 1.29 is 9.13 Å². The first-order valence-corrected chi connectivity index (χ1v) is 5.82. The molecule has 1 aliphatic rings. The number of halogens is 1. The monoisotopic (exact) mass is 234 g/mol. The zero-order chi connectivity index (χ0) is 12.3. The van der Waals surface area contributed by atoms with Crippen LogP contribution in [0.2, 0.25) is 0 Å². The van der Waals surface area contributed by atoms with Crippen molar-refractivity contribution >= 4 is 0 Å². The summed E-state index contributed by atoms with van der Waals surface area (Å²) in [7, 11) is 0. The average Bonchev–Trinajstić information content (AvgIpc) is 2.34. The third kappa shape index (κ3) is 2.75. The Kier molecular flexibility index (Phi) is 3.60. The third-order valence-corrected chi connectivity index (χ3v) is 3.09. The van der Waals surface area contributed by atoms with Gasteiger partial charge in [-0.1, -0.05) is 6.42 Å². The summed E-state index contributed by atoms with van der Waals surface area (Å²) in [5.74, 6) is -0.312. The van der Waals surface area contributed by atoms with Crippen molar-refractivity contribution in [3.63, 3.8) is 0 Å². The highest BCUT2D eigenvalue weighted by Gasteiger charge is 2.24. The van der Waals surface area contributed by atoms with Crippen molar-refractivity contribution in [1.82, 2.24) is 0 Å². The first-order chi connectivity index (χ1) is 8.20. The van der Waals surface area contributed by atoms with Crippen LogP contribution in [0, 0.1) is 17.1 Å². The van der Waals surface area contributed by atoms with E-state index >= 15 is 0 Å². The van der Waals surface area contributed by atoms with E-state index in [0.717, 1.165) is 25.7 Å². The van der Waals surface area contributed by atoms with Gasteiger partial charge in [0.25, 0.3) is 0 Å². The van der Waals surface area contributed by atoms with Gasteiger partial charge < -0.3 is 10.5 Å². The topological polar surface area (TPSA) is 59.0 Å². The normalized spacial score (nSPS) is 24.1. The molecule has 1 fully saturated rings. The Labute approximate surface area is 100.0 Å². The predicted molar refractivity (Wildman–Crippen MR) is 62.0 cm³/mol. The Morgan fingerprint density at radius 1 is 1.35 bits per heavy atom. The molecule has 0 amide bonds. The summed E-state index contributed by atoms with van der Waals surface area (Å²) in [5.41, 5.74) is 6.23. The van der Waals surface area contributed by atoms with Crippen LogP contribution in [0.4, 0.5) is 4.39 Å². The van der Waals surface area contributed by atoms with Crippen LogP contribution < -0.4 is 10.5 Å². The third-order valence-electron chi connectivity index (χ3n) is 3.09. The number of rotatable bonds is 2. The molecule has 2 rings (SSSR count). The molecule has 90 valence electrons. The summed E-state index contributed by atoms with van der Waals surface area (Å²) in [4.78, 5) is 0. The zero-order valence-electron chi connectivity index (χ0n) is 9.53. The minimum absolute atomic E-state index is 0.0289. The lowest BCUT2D eigenvalue weighted by Crippen LogP contribution is -2.41. The molecular weight excluding hydrogens is 219 g/mol. The summed E-state index contributed by atoms with van der Waals surface area (Å²) in [6.45, 7) is 0. The molecular formula is C13H15FN2O. The standard InChI is InChI=1S/C13H15FN2O/c14-10-7-9(8-15)5-6-12(10)17-13-4-2-1-3-11(13)16/h5-7,11,13H,1-4,16H2. The van der Waals surface area contributed by atoms with Crippen molar-refractivity contribution in [2.45, 2.75) is 37.8 Å². The second-order valence-corrected chi connectivity index (χ2v) is 4.36. The van der Waals surface area contributed by atoms with Crippen LogP contribution in [0.1, 0.15) is 31.2 Å². The molecule has 1 aromatic carbocycles. The van der Waals surface area contributed by atoms with Crippen LogP contribution in [-0.4, -0.2) is 12.1 Å². The molecule has 0 aliphatic heterocycles. The highest BCUT2D eigenvalue weighted by atomic mass is 19.1. The van der Waals surface area contributed by atoms with Crippen LogP contribution in [0.3, 0.4) is 0 Å². The molecule has 17 heavy (non-hydrogen) atoms. The lowest BCUT2D eigenvalue weighted by atomic mass is 9.93. The molecule has 0 saturated heterocycles. The molecule has 2 N–H and O–H groups in total. The summed E-state index contributed by atoms with van der Waals surface area (Å²) < 4.78 is 19.2. The van der Waals surface area contributed by atoms with E-state index in [4.69, 9.17) is 15.7 Å². The van der Waals surface area contributed by atoms with Gasteiger partial charge in [0, 0.05) is 6.04 Å². The Hall–Kier alpha value is -1.60. The Balaban J connectivity index is 2.10. The van der Waals surface area contributed by atoms with E-state index in [1.807, 2.05) is 6.07 Å². The number of nitrogens with zero attached hydrogens (tertiary/aromatic N) is 1. The molecule has 1 aromatic rings. The second-order valence-electron chi connectivity index (χ2n) is 4.36. The summed E-state index contributed by atoms with van der Waals surface area (Å²) in [5, 5.41) is 8.64. The van der Waals surface area contributed by atoms with Crippen molar-refractivity contribution in [3.8, 4) is 11.8 Å². The summed E-state index contributed by atoms with van der Waals surface area (Å²) in [6.07, 6.45) is 3.84. The minimum atomic E-state index is -0.498. The van der Waals surface area contributed by atoms with E-state index in [-0.39, 0.29) is 17.9 Å². The molecule has 1 saturated carbocycles. The van der Waals surface area contributed by atoms with E-state index in [1.54, 1.807) is 6.07 Å². The number of hydrogen-bond donors (Lipinski definition) is 1. The average molecular weight is 234 g/mol. The highest BCUT2D eigenvalue weighted by molar-refractivity contribution is 5.36. The first kappa shape index (κ1) is 11.9. The lowest BCUT2D eigenvalue weighted by molar-refractivity contribution is 0.127. The van der Waals surface area contributed by atoms with Gasteiger partial charge in [-0.15, -0.1) is 0 Å². The largest absolute Gasteiger partial charge is 0.486 e. The van der Waals surface area contributed by atoms with Crippen LogP contribution in [-0.2, 0) is 0 Å². The summed E-state index contributed by atoms with van der Waals surface area (Å²) in [6, 6.07) is 6.09. The minimum Gasteiger partial charge on any atom is -0.486 e. The van der Waals surface area contributed by atoms with Crippen LogP contribution in [0.25, 0.3) is 0 Å². The number of ether oxygens (including phenoxy) is 1. The number of hydrogen-bond acceptors (Lipinski definition) is 3. The van der Waals surface area contributed by atoms with Crippen LogP contribution >= 0.6 is 0 Å². The summed E-state index contributed by atoms with van der Waals surface area (Å²) >= 11 is 0. The fourth-order valence-corrected chi connectivity index (χ4v) is 2.10. The molecule has 1 aliphatic carbocycles. The Morgan fingerprint density at radius 3 is 2.76 bits per heavy atom. The molecule has 2 unspecified atom stereocenters. The fraction of sp³-hybridized carbons (Fsp3) is 0.462. The van der Waals surface area contributed by atoms with Gasteiger partial charge in [0.15, 0.2) is 11.6 Å². The molecule has 4 heteroatoms. The smallest absolute Gasteiger partial charge is 0.166 e. The maximum absolute atomic E-state index is 13.6. The molecule has 0 heterocycles. The van der Waals surface area contributed by atoms with E-state index in [2.05, 4.69) is 0 Å². The van der Waals surface area contributed by atoms with E-state index < -0.39 is 5.82 Å². The van der Waals surface area contributed by atoms with Crippen molar-refractivity contribution in [2.24, 2.45) is 5.73 Å². The second kappa shape index (κ2) is 5.15. The first-order valence-electron chi connectivity index (χ1n) is 5.82. The van der Waals surface area contributed by atoms with Gasteiger partial charge in [0.05, 0.1) is 11.6 Å². The molecule has 0 aromatic heterocycles. The molecule has 0 bridgehead atoms. The van der Waals surface area contributed by atoms with Crippen molar-refractivity contribution in [1.29, 1.82) is 5.26 Å². The van der Waals surface area contributed by atoms with E-state index in [1.165, 1.54) is 12.1 Å². The van der Waals surface area contributed by atoms with Crippen LogP contribution in [0.5, 0.6) is 5.75 Å². The lowest BCUT2D eigenvalue weighted by Gasteiger charge is -2.29. The van der Waals surface area contributed by atoms with Crippen molar-refractivity contribution in [3.05, 3.63) is 29.6 Å². The van der Waals surface area contributed by atoms with E-state index in [0.29, 0.717) is 5.56 Å². The quantitative estimate of drug-likeness (QED) is 0.854. The van der Waals surface area contributed by atoms with Crippen molar-refractivity contribution in [2.75, 3.05) is 0 Å². The molecule has 3 nitrogen and oxygen atoms in total. The molecule has 2 atom stereocenters. The van der Waals surface area contributed by atoms with Gasteiger partial charge >= 0.3 is 0 Å². The maximum atomic E-state index is 13.6. The van der Waals surface area contributed by atoms with Gasteiger partial charge in [-0.05, 0) is 37.5 Å². The van der Waals surface area contributed by atoms with Gasteiger partial charge in [0.2, 0.25) is 0 Å². The maximum Gasteiger partial charge on any atom is 0.166 e. The molecule has 0 spiro atoms. The van der Waals surface area contributed by atoms with Gasteiger partial charge in [-0.3, -0.25) is 0 Å². The van der Waals surface area contributed by atoms with E-state index in [9.17, 15) is 4.39 Å². The van der Waals surface area contributed by atoms with Gasteiger partial charge in [-0.2, -0.15) is 5.26 Å². The Bertz CT molecular complexity index is 442. The SMILES string of the molecule is N#Cc1ccc(OC2CCCCC2N)c(F)c1. The highest BCUT2D eigenvalue weighted by Crippen LogP contribution is 2.25. The number of nitrogens with two attached hydrogens (primary N) is 1. The fourth-order valence-electron chi connectivity index (χ4n) is 2.10. The number of benzene rings is 1. The predicted octanol–water partition coefficient (Wildman–Crippen LogP) is 2.35. The van der Waals surface area contributed by atoms with Gasteiger partial charge in [-0.25, -0.2) is 4.39 Å². The van der Waals surface area contributed by atoms with Gasteiger partial charge in [0.1, 0.15) is 6.10 Å².